The van der Waals surface area contributed by atoms with Crippen LogP contribution in [0.1, 0.15) is 22.3 Å². The van der Waals surface area contributed by atoms with Gasteiger partial charge in [-0.1, -0.05) is 170 Å². The van der Waals surface area contributed by atoms with Crippen molar-refractivity contribution >= 4 is 22.1 Å². The van der Waals surface area contributed by atoms with Crippen molar-refractivity contribution < 1.29 is 4.42 Å². The van der Waals surface area contributed by atoms with E-state index in [0.29, 0.717) is 11.4 Å². The lowest BCUT2D eigenvalue weighted by molar-refractivity contribution is 0.667. The van der Waals surface area contributed by atoms with Crippen molar-refractivity contribution in [3.8, 4) is 67.2 Å². The third-order valence-corrected chi connectivity index (χ3v) is 11.9. The van der Waals surface area contributed by atoms with Crippen molar-refractivity contribution in [1.82, 2.24) is 9.97 Å². The summed E-state index contributed by atoms with van der Waals surface area (Å²) < 4.78 is 6.58. The standard InChI is InChI=1S/C53H32N2O/c1-2-15-33(16-3-1)34-17-14-18-35(31-34)49-51-50(43-24-9-13-28-48(43)56-51)55-52(54-49)36-29-30-42-41-23-8-12-27-46(41)53(47(42)32-36)44-25-10-6-21-39(44)37-19-4-5-20-38(37)40-22-7-11-26-45(40)53/h1-32H. The molecule has 0 saturated carbocycles. The first-order chi connectivity index (χ1) is 27.8. The molecular weight excluding hydrogens is 681 g/mol. The maximum Gasteiger partial charge on any atom is 0.180 e. The van der Waals surface area contributed by atoms with Crippen molar-refractivity contribution in [2.24, 2.45) is 0 Å². The van der Waals surface area contributed by atoms with Crippen LogP contribution in [0.4, 0.5) is 0 Å². The summed E-state index contributed by atoms with van der Waals surface area (Å²) >= 11 is 0. The molecular formula is C53H32N2O. The molecule has 2 aromatic heterocycles. The van der Waals surface area contributed by atoms with Crippen molar-refractivity contribution in [1.29, 1.82) is 0 Å². The first-order valence-electron chi connectivity index (χ1n) is 19.2. The number of nitrogens with zero attached hydrogens (tertiary/aromatic N) is 2. The number of hydrogen-bond donors (Lipinski definition) is 0. The summed E-state index contributed by atoms with van der Waals surface area (Å²) in [6, 6.07) is 69.9. The van der Waals surface area contributed by atoms with Gasteiger partial charge in [0.1, 0.15) is 16.8 Å². The minimum atomic E-state index is -0.590. The van der Waals surface area contributed by atoms with Gasteiger partial charge in [-0.2, -0.15) is 0 Å². The predicted molar refractivity (Wildman–Crippen MR) is 227 cm³/mol. The molecule has 0 unspecified atom stereocenters. The molecule has 0 fully saturated rings. The Balaban J connectivity index is 1.15. The molecule has 3 nitrogen and oxygen atoms in total. The second-order valence-electron chi connectivity index (χ2n) is 14.8. The molecule has 2 aliphatic carbocycles. The molecule has 0 radical (unpaired) electrons. The van der Waals surface area contributed by atoms with Crippen LogP contribution in [0.3, 0.4) is 0 Å². The average molecular weight is 713 g/mol. The Morgan fingerprint density at radius 3 is 1.59 bits per heavy atom. The van der Waals surface area contributed by atoms with Crippen molar-refractivity contribution in [2.45, 2.75) is 5.41 Å². The number of aromatic nitrogens is 2. The molecule has 1 spiro atoms. The fourth-order valence-corrected chi connectivity index (χ4v) is 9.58. The molecule has 260 valence electrons. The van der Waals surface area contributed by atoms with Crippen LogP contribution in [-0.2, 0) is 5.41 Å². The van der Waals surface area contributed by atoms with Crippen LogP contribution in [0.25, 0.3) is 89.2 Å². The number of hydrogen-bond acceptors (Lipinski definition) is 3. The molecule has 2 heterocycles. The third kappa shape index (κ3) is 4.28. The van der Waals surface area contributed by atoms with Crippen LogP contribution < -0.4 is 0 Å². The first kappa shape index (κ1) is 31.0. The molecule has 12 rings (SSSR count). The lowest BCUT2D eigenvalue weighted by atomic mass is 9.66. The fourth-order valence-electron chi connectivity index (χ4n) is 9.58. The Hall–Kier alpha value is -7.36. The zero-order valence-electron chi connectivity index (χ0n) is 30.3. The van der Waals surface area contributed by atoms with E-state index >= 15 is 0 Å². The second-order valence-corrected chi connectivity index (χ2v) is 14.8. The maximum absolute atomic E-state index is 6.58. The third-order valence-electron chi connectivity index (χ3n) is 11.9. The van der Waals surface area contributed by atoms with Gasteiger partial charge in [0.05, 0.1) is 5.41 Å². The molecule has 0 amide bonds. The maximum atomic E-state index is 6.58. The summed E-state index contributed by atoms with van der Waals surface area (Å²) in [7, 11) is 0. The summed E-state index contributed by atoms with van der Waals surface area (Å²) in [5, 5.41) is 0.973. The first-order valence-corrected chi connectivity index (χ1v) is 19.2. The van der Waals surface area contributed by atoms with Gasteiger partial charge in [0, 0.05) is 16.5 Å². The van der Waals surface area contributed by atoms with Gasteiger partial charge >= 0.3 is 0 Å². The highest BCUT2D eigenvalue weighted by atomic mass is 16.3. The number of furan rings is 1. The molecule has 0 N–H and O–H groups in total. The summed E-state index contributed by atoms with van der Waals surface area (Å²) in [6.45, 7) is 0. The monoisotopic (exact) mass is 712 g/mol. The van der Waals surface area contributed by atoms with E-state index in [-0.39, 0.29) is 0 Å². The molecule has 56 heavy (non-hydrogen) atoms. The fraction of sp³-hybridized carbons (Fsp3) is 0.0189. The number of benzene rings is 8. The highest BCUT2D eigenvalue weighted by Crippen LogP contribution is 2.61. The van der Waals surface area contributed by atoms with Gasteiger partial charge < -0.3 is 4.42 Å². The van der Waals surface area contributed by atoms with Gasteiger partial charge in [-0.05, 0) is 91.0 Å². The number of rotatable bonds is 3. The van der Waals surface area contributed by atoms with Gasteiger partial charge in [-0.3, -0.25) is 0 Å². The Bertz CT molecular complexity index is 3140. The van der Waals surface area contributed by atoms with E-state index in [2.05, 4.69) is 170 Å². The van der Waals surface area contributed by atoms with Crippen molar-refractivity contribution in [2.75, 3.05) is 0 Å². The van der Waals surface area contributed by atoms with Crippen LogP contribution in [0, 0.1) is 0 Å². The Kier molecular flexibility index (Phi) is 6.55. The van der Waals surface area contributed by atoms with Crippen molar-refractivity contribution in [3.05, 3.63) is 216 Å². The van der Waals surface area contributed by atoms with Crippen molar-refractivity contribution in [3.63, 3.8) is 0 Å². The molecule has 8 aromatic carbocycles. The van der Waals surface area contributed by atoms with E-state index < -0.39 is 5.41 Å². The number of para-hydroxylation sites is 1. The van der Waals surface area contributed by atoms with Crippen LogP contribution in [0.2, 0.25) is 0 Å². The van der Waals surface area contributed by atoms with Crippen LogP contribution >= 0.6 is 0 Å². The van der Waals surface area contributed by atoms with Gasteiger partial charge in [-0.15, -0.1) is 0 Å². The quantitative estimate of drug-likeness (QED) is 0.183. The highest BCUT2D eigenvalue weighted by molar-refractivity contribution is 6.07. The Morgan fingerprint density at radius 1 is 0.357 bits per heavy atom. The second kappa shape index (κ2) is 11.8. The summed E-state index contributed by atoms with van der Waals surface area (Å²) in [6.07, 6.45) is 0. The van der Waals surface area contributed by atoms with Gasteiger partial charge in [0.25, 0.3) is 0 Å². The normalized spacial score (nSPS) is 13.1. The minimum absolute atomic E-state index is 0.590. The van der Waals surface area contributed by atoms with E-state index in [0.717, 1.165) is 44.4 Å². The van der Waals surface area contributed by atoms with E-state index in [4.69, 9.17) is 14.4 Å². The molecule has 10 aromatic rings. The zero-order chi connectivity index (χ0) is 36.8. The molecule has 3 heteroatoms. The largest absolute Gasteiger partial charge is 0.452 e. The molecule has 2 aliphatic rings. The minimum Gasteiger partial charge on any atom is -0.452 e. The molecule has 0 bridgehead atoms. The molecule has 0 aliphatic heterocycles. The molecule has 0 atom stereocenters. The van der Waals surface area contributed by atoms with E-state index in [1.807, 2.05) is 24.3 Å². The summed E-state index contributed by atoms with van der Waals surface area (Å²) in [5.74, 6) is 0.663. The van der Waals surface area contributed by atoms with Gasteiger partial charge in [0.2, 0.25) is 0 Å². The average Bonchev–Trinajstić information content (AvgIpc) is 3.76. The Morgan fingerprint density at radius 2 is 0.893 bits per heavy atom. The number of fused-ring (bicyclic) bond motifs is 15. The zero-order valence-corrected chi connectivity index (χ0v) is 30.3. The lowest BCUT2D eigenvalue weighted by Gasteiger charge is -2.35. The Labute approximate surface area is 324 Å². The van der Waals surface area contributed by atoms with Crippen LogP contribution in [-0.4, -0.2) is 9.97 Å². The molecule has 0 saturated heterocycles. The predicted octanol–water partition coefficient (Wildman–Crippen LogP) is 13.4. The lowest BCUT2D eigenvalue weighted by Crippen LogP contribution is -2.29. The highest BCUT2D eigenvalue weighted by Gasteiger charge is 2.49. The van der Waals surface area contributed by atoms with Gasteiger partial charge in [0.15, 0.2) is 11.4 Å². The van der Waals surface area contributed by atoms with Gasteiger partial charge in [-0.25, -0.2) is 9.97 Å². The topological polar surface area (TPSA) is 38.9 Å². The summed E-state index contributed by atoms with van der Waals surface area (Å²) in [5.41, 5.74) is 19.2. The van der Waals surface area contributed by atoms with Crippen LogP contribution in [0.15, 0.2) is 199 Å². The van der Waals surface area contributed by atoms with E-state index in [1.165, 1.54) is 55.6 Å². The smallest absolute Gasteiger partial charge is 0.180 e. The van der Waals surface area contributed by atoms with E-state index in [1.54, 1.807) is 0 Å². The van der Waals surface area contributed by atoms with Crippen LogP contribution in [0.5, 0.6) is 0 Å². The van der Waals surface area contributed by atoms with E-state index in [9.17, 15) is 0 Å². The SMILES string of the molecule is c1ccc(-c2cccc(-c3nc(-c4ccc5c(c4)C4(c6ccccc6-c6ccccc6-c6ccccc64)c4ccccc4-5)nc4c3oc3ccccc34)c2)cc1. The summed E-state index contributed by atoms with van der Waals surface area (Å²) in [4.78, 5) is 10.8.